The van der Waals surface area contributed by atoms with E-state index in [0.29, 0.717) is 12.0 Å². The summed E-state index contributed by atoms with van der Waals surface area (Å²) in [6.07, 6.45) is -4.19. The van der Waals surface area contributed by atoms with Crippen molar-refractivity contribution in [2.24, 2.45) is 0 Å². The lowest BCUT2D eigenvalue weighted by atomic mass is 10.2. The highest BCUT2D eigenvalue weighted by Crippen LogP contribution is 2.22. The number of rotatable bonds is 3. The number of hydrogen-bond acceptors (Lipinski definition) is 3. The summed E-state index contributed by atoms with van der Waals surface area (Å²) in [6.45, 7) is 0. The van der Waals surface area contributed by atoms with Gasteiger partial charge in [0.15, 0.2) is 0 Å². The lowest BCUT2D eigenvalue weighted by Gasteiger charge is -2.07. The highest BCUT2D eigenvalue weighted by molar-refractivity contribution is 5.69. The van der Waals surface area contributed by atoms with Gasteiger partial charge in [0.1, 0.15) is 5.75 Å². The van der Waals surface area contributed by atoms with Gasteiger partial charge in [0, 0.05) is 12.0 Å². The summed E-state index contributed by atoms with van der Waals surface area (Å²) in [6, 6.07) is 5.17. The summed E-state index contributed by atoms with van der Waals surface area (Å²) in [7, 11) is 1.29. The molecule has 0 saturated carbocycles. The maximum absolute atomic E-state index is 11.9. The predicted octanol–water partition coefficient (Wildman–Crippen LogP) is 2.89. The zero-order valence-corrected chi connectivity index (χ0v) is 10.1. The summed E-state index contributed by atoms with van der Waals surface area (Å²) >= 11 is 0. The predicted molar refractivity (Wildman–Crippen MR) is 61.3 cm³/mol. The van der Waals surface area contributed by atoms with E-state index < -0.39 is 6.36 Å². The van der Waals surface area contributed by atoms with Crippen molar-refractivity contribution in [1.82, 2.24) is 0 Å². The van der Waals surface area contributed by atoms with Crippen molar-refractivity contribution in [2.75, 3.05) is 7.11 Å². The molecular weight excluding hydrogens is 261 g/mol. The van der Waals surface area contributed by atoms with Gasteiger partial charge in [-0.1, -0.05) is 11.8 Å². The van der Waals surface area contributed by atoms with E-state index in [1.807, 2.05) is 0 Å². The Bertz CT molecular complexity index is 481. The Kier molecular flexibility index (Phi) is 5.24. The quantitative estimate of drug-likeness (QED) is 0.627. The molecule has 0 radical (unpaired) electrons. The van der Waals surface area contributed by atoms with E-state index in [0.717, 1.165) is 0 Å². The molecule has 0 bridgehead atoms. The summed E-state index contributed by atoms with van der Waals surface area (Å²) < 4.78 is 43.9. The first kappa shape index (κ1) is 14.9. The van der Waals surface area contributed by atoms with Crippen LogP contribution in [0.5, 0.6) is 5.75 Å². The van der Waals surface area contributed by atoms with E-state index in [9.17, 15) is 18.0 Å². The van der Waals surface area contributed by atoms with Gasteiger partial charge in [-0.3, -0.25) is 4.79 Å². The Hall–Kier alpha value is -2.16. The number of methoxy groups -OCH3 is 1. The first-order valence-electron chi connectivity index (χ1n) is 5.32. The standard InChI is InChI=1S/C13H11F3O3/c1-18-12(17)5-3-2-4-10-6-8-11(9-7-10)19-13(14,15)16/h6-9H,3,5H2,1H3. The SMILES string of the molecule is COC(=O)CCC#Cc1ccc(OC(F)(F)F)cc1. The van der Waals surface area contributed by atoms with Crippen LogP contribution in [0.15, 0.2) is 24.3 Å². The molecule has 0 fully saturated rings. The van der Waals surface area contributed by atoms with Crippen molar-refractivity contribution in [1.29, 1.82) is 0 Å². The van der Waals surface area contributed by atoms with Crippen LogP contribution in [0.1, 0.15) is 18.4 Å². The molecule has 6 heteroatoms. The summed E-state index contributed by atoms with van der Waals surface area (Å²) in [5.74, 6) is 4.78. The van der Waals surface area contributed by atoms with E-state index in [1.54, 1.807) is 0 Å². The fourth-order valence-electron chi connectivity index (χ4n) is 1.17. The van der Waals surface area contributed by atoms with Crippen molar-refractivity contribution >= 4 is 5.97 Å². The molecule has 0 heterocycles. The second-order valence-electron chi connectivity index (χ2n) is 3.45. The normalized spacial score (nSPS) is 10.3. The third kappa shape index (κ3) is 6.36. The van der Waals surface area contributed by atoms with Gasteiger partial charge in [-0.2, -0.15) is 0 Å². The molecule has 0 aromatic heterocycles. The summed E-state index contributed by atoms with van der Waals surface area (Å²) in [4.78, 5) is 10.8. The van der Waals surface area contributed by atoms with Gasteiger partial charge in [0.25, 0.3) is 0 Å². The Morgan fingerprint density at radius 1 is 1.26 bits per heavy atom. The van der Waals surface area contributed by atoms with Gasteiger partial charge in [-0.15, -0.1) is 13.2 Å². The van der Waals surface area contributed by atoms with Crippen molar-refractivity contribution in [2.45, 2.75) is 19.2 Å². The highest BCUT2D eigenvalue weighted by atomic mass is 19.4. The lowest BCUT2D eigenvalue weighted by molar-refractivity contribution is -0.274. The van der Waals surface area contributed by atoms with E-state index >= 15 is 0 Å². The van der Waals surface area contributed by atoms with Crippen LogP contribution in [0.3, 0.4) is 0 Å². The molecule has 0 saturated heterocycles. The third-order valence-electron chi connectivity index (χ3n) is 2.00. The number of alkyl halides is 3. The minimum Gasteiger partial charge on any atom is -0.469 e. The Morgan fingerprint density at radius 3 is 2.42 bits per heavy atom. The summed E-state index contributed by atoms with van der Waals surface area (Å²) in [5.41, 5.74) is 0.541. The molecule has 0 aliphatic carbocycles. The van der Waals surface area contributed by atoms with Crippen LogP contribution >= 0.6 is 0 Å². The van der Waals surface area contributed by atoms with Gasteiger partial charge in [0.05, 0.1) is 13.5 Å². The molecule has 0 aliphatic heterocycles. The largest absolute Gasteiger partial charge is 0.573 e. The van der Waals surface area contributed by atoms with Crippen molar-refractivity contribution < 1.29 is 27.4 Å². The molecule has 1 aromatic rings. The molecule has 0 spiro atoms. The minimum atomic E-state index is -4.70. The van der Waals surface area contributed by atoms with Crippen molar-refractivity contribution in [3.63, 3.8) is 0 Å². The third-order valence-corrected chi connectivity index (χ3v) is 2.00. The maximum Gasteiger partial charge on any atom is 0.573 e. The van der Waals surface area contributed by atoms with Crippen LogP contribution in [-0.4, -0.2) is 19.4 Å². The Labute approximate surface area is 108 Å². The average molecular weight is 272 g/mol. The zero-order valence-electron chi connectivity index (χ0n) is 10.1. The number of hydrogen-bond donors (Lipinski definition) is 0. The minimum absolute atomic E-state index is 0.179. The van der Waals surface area contributed by atoms with Gasteiger partial charge >= 0.3 is 12.3 Å². The maximum atomic E-state index is 11.9. The van der Waals surface area contributed by atoms with Crippen LogP contribution in [0.25, 0.3) is 0 Å². The van der Waals surface area contributed by atoms with Gasteiger partial charge in [-0.05, 0) is 24.3 Å². The molecule has 3 nitrogen and oxygen atoms in total. The van der Waals surface area contributed by atoms with Gasteiger partial charge in [0.2, 0.25) is 0 Å². The van der Waals surface area contributed by atoms with Gasteiger partial charge in [-0.25, -0.2) is 0 Å². The Morgan fingerprint density at radius 2 is 1.89 bits per heavy atom. The van der Waals surface area contributed by atoms with Gasteiger partial charge < -0.3 is 9.47 Å². The van der Waals surface area contributed by atoms with Crippen LogP contribution < -0.4 is 4.74 Å². The molecule has 0 atom stereocenters. The number of ether oxygens (including phenoxy) is 2. The number of carbonyl (C=O) groups excluding carboxylic acids is 1. The Balaban J connectivity index is 2.53. The van der Waals surface area contributed by atoms with E-state index in [4.69, 9.17) is 0 Å². The number of halogens is 3. The molecule has 0 unspecified atom stereocenters. The monoisotopic (exact) mass is 272 g/mol. The first-order valence-corrected chi connectivity index (χ1v) is 5.32. The van der Waals surface area contributed by atoms with Crippen LogP contribution in [0.4, 0.5) is 13.2 Å². The average Bonchev–Trinajstić information content (AvgIpc) is 2.34. The fraction of sp³-hybridized carbons (Fsp3) is 0.308. The number of benzene rings is 1. The first-order chi connectivity index (χ1) is 8.90. The van der Waals surface area contributed by atoms with Crippen molar-refractivity contribution in [3.8, 4) is 17.6 Å². The van der Waals surface area contributed by atoms with E-state index in [2.05, 4.69) is 21.3 Å². The number of carbonyl (C=O) groups is 1. The van der Waals surface area contributed by atoms with Crippen LogP contribution in [-0.2, 0) is 9.53 Å². The van der Waals surface area contributed by atoms with E-state index in [-0.39, 0.29) is 18.1 Å². The molecule has 0 aliphatic rings. The second-order valence-corrected chi connectivity index (χ2v) is 3.45. The van der Waals surface area contributed by atoms with Crippen LogP contribution in [0.2, 0.25) is 0 Å². The van der Waals surface area contributed by atoms with Crippen molar-refractivity contribution in [3.05, 3.63) is 29.8 Å². The second kappa shape index (κ2) is 6.69. The molecule has 19 heavy (non-hydrogen) atoms. The molecule has 0 N–H and O–H groups in total. The lowest BCUT2D eigenvalue weighted by Crippen LogP contribution is -2.16. The fourth-order valence-corrected chi connectivity index (χ4v) is 1.17. The molecular formula is C13H11F3O3. The zero-order chi connectivity index (χ0) is 14.3. The summed E-state index contributed by atoms with van der Waals surface area (Å²) in [5, 5.41) is 0. The molecule has 0 amide bonds. The molecule has 102 valence electrons. The number of esters is 1. The highest BCUT2D eigenvalue weighted by Gasteiger charge is 2.30. The molecule has 1 aromatic carbocycles. The van der Waals surface area contributed by atoms with Crippen LogP contribution in [0, 0.1) is 11.8 Å². The smallest absolute Gasteiger partial charge is 0.469 e. The topological polar surface area (TPSA) is 35.5 Å². The van der Waals surface area contributed by atoms with E-state index in [1.165, 1.54) is 31.4 Å². The molecule has 1 rings (SSSR count).